The Morgan fingerprint density at radius 1 is 1.43 bits per heavy atom. The van der Waals surface area contributed by atoms with Crippen molar-refractivity contribution in [1.29, 1.82) is 0 Å². The van der Waals surface area contributed by atoms with Crippen LogP contribution in [0.4, 0.5) is 0 Å². The molecule has 1 aromatic rings. The number of carbonyl (C=O) groups excluding carboxylic acids is 1. The molecule has 1 N–H and O–H groups in total. The van der Waals surface area contributed by atoms with Gasteiger partial charge in [-0.05, 0) is 31.4 Å². The van der Waals surface area contributed by atoms with Gasteiger partial charge in [0.15, 0.2) is 0 Å². The van der Waals surface area contributed by atoms with Gasteiger partial charge in [-0.1, -0.05) is 37.3 Å². The van der Waals surface area contributed by atoms with E-state index in [4.69, 9.17) is 4.74 Å². The summed E-state index contributed by atoms with van der Waals surface area (Å²) < 4.78 is 5.58. The van der Waals surface area contributed by atoms with Crippen LogP contribution in [0.1, 0.15) is 38.3 Å². The maximum absolute atomic E-state index is 11.9. The predicted molar refractivity (Wildman–Crippen MR) is 93.0 cm³/mol. The molecular weight excluding hydrogens is 288 g/mol. The molecule has 1 aliphatic rings. The number of ether oxygens (including phenoxy) is 1. The summed E-state index contributed by atoms with van der Waals surface area (Å²) in [5.74, 6) is 0.0132. The molecule has 1 saturated heterocycles. The van der Waals surface area contributed by atoms with E-state index in [1.54, 1.807) is 0 Å². The monoisotopic (exact) mass is 316 g/mol. The van der Waals surface area contributed by atoms with E-state index in [0.717, 1.165) is 43.8 Å². The fourth-order valence-electron chi connectivity index (χ4n) is 2.85. The molecule has 1 heterocycles. The summed E-state index contributed by atoms with van der Waals surface area (Å²) in [5, 5.41) is 2.98. The highest BCUT2D eigenvalue weighted by atomic mass is 16.5. The number of rotatable bonds is 6. The Kier molecular flexibility index (Phi) is 6.81. The summed E-state index contributed by atoms with van der Waals surface area (Å²) in [4.78, 5) is 14.4. The van der Waals surface area contributed by atoms with Gasteiger partial charge in [-0.3, -0.25) is 9.69 Å². The first-order valence-corrected chi connectivity index (χ1v) is 8.45. The van der Waals surface area contributed by atoms with Crippen molar-refractivity contribution in [3.05, 3.63) is 47.0 Å². The summed E-state index contributed by atoms with van der Waals surface area (Å²) in [6, 6.07) is 8.45. The Hall–Kier alpha value is -1.65. The lowest BCUT2D eigenvalue weighted by Crippen LogP contribution is -2.40. The molecule has 4 nitrogen and oxygen atoms in total. The van der Waals surface area contributed by atoms with Crippen molar-refractivity contribution in [2.75, 3.05) is 19.7 Å². The number of benzene rings is 1. The van der Waals surface area contributed by atoms with Crippen molar-refractivity contribution in [1.82, 2.24) is 10.2 Å². The zero-order valence-electron chi connectivity index (χ0n) is 14.5. The summed E-state index contributed by atoms with van der Waals surface area (Å²) in [6.07, 6.45) is 3.14. The Labute approximate surface area is 139 Å². The molecule has 4 heteroatoms. The van der Waals surface area contributed by atoms with Gasteiger partial charge in [-0.15, -0.1) is 0 Å². The van der Waals surface area contributed by atoms with Crippen LogP contribution in [0, 0.1) is 0 Å². The standard InChI is InChI=1S/C19H28N2O2/c1-4-6-15(2)19(22)20-12-17-7-5-8-18(11-17)14-21-9-10-23-16(3)13-21/h5-8,11,16H,4,9-10,12-14H2,1-3H3,(H,20,22)/b15-6+/t16-/m0/s1. The van der Waals surface area contributed by atoms with Crippen molar-refractivity contribution >= 4 is 5.91 Å². The fraction of sp³-hybridized carbons (Fsp3) is 0.526. The zero-order chi connectivity index (χ0) is 16.7. The SMILES string of the molecule is CC/C=C(\C)C(=O)NCc1cccc(CN2CCO[C@@H](C)C2)c1. The highest BCUT2D eigenvalue weighted by Gasteiger charge is 2.16. The van der Waals surface area contributed by atoms with E-state index in [1.807, 2.05) is 19.9 Å². The van der Waals surface area contributed by atoms with Crippen LogP contribution >= 0.6 is 0 Å². The van der Waals surface area contributed by atoms with Gasteiger partial charge in [0, 0.05) is 31.8 Å². The molecule has 126 valence electrons. The number of hydrogen-bond donors (Lipinski definition) is 1. The van der Waals surface area contributed by atoms with Crippen LogP contribution in [-0.4, -0.2) is 36.6 Å². The molecule has 0 aliphatic carbocycles. The van der Waals surface area contributed by atoms with Crippen LogP contribution in [0.25, 0.3) is 0 Å². The Morgan fingerprint density at radius 3 is 2.96 bits per heavy atom. The van der Waals surface area contributed by atoms with Crippen LogP contribution in [0.5, 0.6) is 0 Å². The molecule has 1 aliphatic heterocycles. The first kappa shape index (κ1) is 17.7. The molecule has 2 rings (SSSR count). The Morgan fingerprint density at radius 2 is 2.22 bits per heavy atom. The highest BCUT2D eigenvalue weighted by molar-refractivity contribution is 5.92. The van der Waals surface area contributed by atoms with E-state index in [9.17, 15) is 4.79 Å². The molecule has 23 heavy (non-hydrogen) atoms. The van der Waals surface area contributed by atoms with Gasteiger partial charge < -0.3 is 10.1 Å². The van der Waals surface area contributed by atoms with E-state index in [-0.39, 0.29) is 5.91 Å². The molecule has 1 amide bonds. The Balaban J connectivity index is 1.89. The summed E-state index contributed by atoms with van der Waals surface area (Å²) in [7, 11) is 0. The maximum Gasteiger partial charge on any atom is 0.246 e. The summed E-state index contributed by atoms with van der Waals surface area (Å²) >= 11 is 0. The lowest BCUT2D eigenvalue weighted by atomic mass is 10.1. The van der Waals surface area contributed by atoms with Gasteiger partial charge >= 0.3 is 0 Å². The number of nitrogens with one attached hydrogen (secondary N) is 1. The molecular formula is C19H28N2O2. The third-order valence-electron chi connectivity index (χ3n) is 4.04. The molecule has 1 atom stereocenters. The normalized spacial score (nSPS) is 19.6. The van der Waals surface area contributed by atoms with Crippen LogP contribution < -0.4 is 5.32 Å². The molecule has 0 radical (unpaired) electrons. The second kappa shape index (κ2) is 8.85. The number of allylic oxidation sites excluding steroid dienone is 1. The molecule has 0 bridgehead atoms. The highest BCUT2D eigenvalue weighted by Crippen LogP contribution is 2.12. The molecule has 0 spiro atoms. The van der Waals surface area contributed by atoms with Gasteiger partial charge in [0.05, 0.1) is 12.7 Å². The minimum atomic E-state index is 0.0132. The number of morpholine rings is 1. The molecule has 0 unspecified atom stereocenters. The van der Waals surface area contributed by atoms with Gasteiger partial charge in [-0.2, -0.15) is 0 Å². The maximum atomic E-state index is 11.9. The van der Waals surface area contributed by atoms with Crippen molar-refractivity contribution in [2.24, 2.45) is 0 Å². The first-order valence-electron chi connectivity index (χ1n) is 8.45. The van der Waals surface area contributed by atoms with E-state index in [1.165, 1.54) is 5.56 Å². The lowest BCUT2D eigenvalue weighted by Gasteiger charge is -2.31. The van der Waals surface area contributed by atoms with Crippen LogP contribution in [-0.2, 0) is 22.6 Å². The van der Waals surface area contributed by atoms with Gasteiger partial charge in [0.1, 0.15) is 0 Å². The van der Waals surface area contributed by atoms with Crippen molar-refractivity contribution in [3.63, 3.8) is 0 Å². The molecule has 1 aromatic carbocycles. The Bertz CT molecular complexity index is 554. The van der Waals surface area contributed by atoms with E-state index in [0.29, 0.717) is 12.6 Å². The second-order valence-electron chi connectivity index (χ2n) is 6.21. The summed E-state index contributed by atoms with van der Waals surface area (Å²) in [5.41, 5.74) is 3.21. The minimum absolute atomic E-state index is 0.0132. The van der Waals surface area contributed by atoms with Crippen molar-refractivity contribution < 1.29 is 9.53 Å². The quantitative estimate of drug-likeness (QED) is 0.821. The minimum Gasteiger partial charge on any atom is -0.376 e. The van der Waals surface area contributed by atoms with Crippen molar-refractivity contribution in [2.45, 2.75) is 46.4 Å². The van der Waals surface area contributed by atoms with Crippen molar-refractivity contribution in [3.8, 4) is 0 Å². The fourth-order valence-corrected chi connectivity index (χ4v) is 2.85. The number of hydrogen-bond acceptors (Lipinski definition) is 3. The average Bonchev–Trinajstić information content (AvgIpc) is 2.53. The smallest absolute Gasteiger partial charge is 0.246 e. The van der Waals surface area contributed by atoms with Crippen LogP contribution in [0.15, 0.2) is 35.9 Å². The van der Waals surface area contributed by atoms with Crippen LogP contribution in [0.3, 0.4) is 0 Å². The van der Waals surface area contributed by atoms with E-state index >= 15 is 0 Å². The topological polar surface area (TPSA) is 41.6 Å². The third kappa shape index (κ3) is 5.81. The van der Waals surface area contributed by atoms with E-state index in [2.05, 4.69) is 41.4 Å². The molecule has 0 aromatic heterocycles. The van der Waals surface area contributed by atoms with Gasteiger partial charge in [0.25, 0.3) is 0 Å². The lowest BCUT2D eigenvalue weighted by molar-refractivity contribution is -0.117. The number of nitrogens with zero attached hydrogens (tertiary/aromatic N) is 1. The zero-order valence-corrected chi connectivity index (χ0v) is 14.5. The first-order chi connectivity index (χ1) is 11.1. The summed E-state index contributed by atoms with van der Waals surface area (Å²) in [6.45, 7) is 10.3. The molecule has 0 saturated carbocycles. The largest absolute Gasteiger partial charge is 0.376 e. The van der Waals surface area contributed by atoms with E-state index < -0.39 is 0 Å². The molecule has 1 fully saturated rings. The predicted octanol–water partition coefficient (Wildman–Crippen LogP) is 2.88. The van der Waals surface area contributed by atoms with Gasteiger partial charge in [0.2, 0.25) is 5.91 Å². The average molecular weight is 316 g/mol. The second-order valence-corrected chi connectivity index (χ2v) is 6.21. The number of amides is 1. The number of carbonyl (C=O) groups is 1. The van der Waals surface area contributed by atoms with Crippen LogP contribution in [0.2, 0.25) is 0 Å². The van der Waals surface area contributed by atoms with Gasteiger partial charge in [-0.25, -0.2) is 0 Å². The third-order valence-corrected chi connectivity index (χ3v) is 4.04.